The number of hydrazone groups is 1. The molecule has 5 nitrogen and oxygen atoms in total. The second-order valence-electron chi connectivity index (χ2n) is 6.25. The third-order valence-electron chi connectivity index (χ3n) is 4.25. The molecule has 3 aromatic rings. The Morgan fingerprint density at radius 1 is 1.27 bits per heavy atom. The van der Waals surface area contributed by atoms with E-state index < -0.39 is 0 Å². The first kappa shape index (κ1) is 17.2. The van der Waals surface area contributed by atoms with Crippen molar-refractivity contribution < 1.29 is 9.21 Å². The van der Waals surface area contributed by atoms with Crippen LogP contribution in [0.5, 0.6) is 0 Å². The molecule has 7 heteroatoms. The number of likely N-dealkylation sites (N-methyl/N-ethyl adjacent to an activating group) is 1. The van der Waals surface area contributed by atoms with E-state index in [-0.39, 0.29) is 11.9 Å². The molecule has 1 aliphatic heterocycles. The third kappa shape index (κ3) is 3.65. The van der Waals surface area contributed by atoms with Crippen LogP contribution in [0.1, 0.15) is 28.0 Å². The summed E-state index contributed by atoms with van der Waals surface area (Å²) in [5, 5.41) is 10.4. The SMILES string of the molecule is CN(CC(=O)N1N=C(c2cccs2)CC1c1cccs1)Cc1ccco1. The molecule has 3 aromatic heterocycles. The van der Waals surface area contributed by atoms with Crippen LogP contribution in [0, 0.1) is 0 Å². The second-order valence-corrected chi connectivity index (χ2v) is 8.18. The first-order valence-electron chi connectivity index (χ1n) is 8.38. The Bertz CT molecular complexity index is 870. The van der Waals surface area contributed by atoms with Crippen LogP contribution in [0.3, 0.4) is 0 Å². The Morgan fingerprint density at radius 3 is 2.81 bits per heavy atom. The van der Waals surface area contributed by atoms with E-state index in [1.807, 2.05) is 47.0 Å². The van der Waals surface area contributed by atoms with Crippen LogP contribution in [0.15, 0.2) is 62.9 Å². The van der Waals surface area contributed by atoms with E-state index in [0.29, 0.717) is 13.1 Å². The summed E-state index contributed by atoms with van der Waals surface area (Å²) in [5.74, 6) is 0.850. The van der Waals surface area contributed by atoms with E-state index in [0.717, 1.165) is 22.8 Å². The number of rotatable bonds is 6. The molecule has 0 N–H and O–H groups in total. The molecule has 1 atom stereocenters. The van der Waals surface area contributed by atoms with Crippen molar-refractivity contribution in [3.05, 3.63) is 68.9 Å². The summed E-state index contributed by atoms with van der Waals surface area (Å²) in [6, 6.07) is 11.9. The average Bonchev–Trinajstić information content (AvgIpc) is 3.39. The minimum absolute atomic E-state index is 0.00372. The first-order chi connectivity index (χ1) is 12.7. The Balaban J connectivity index is 1.51. The normalized spacial score (nSPS) is 17.1. The number of carbonyl (C=O) groups is 1. The third-order valence-corrected chi connectivity index (χ3v) is 6.15. The minimum atomic E-state index is -0.0170. The average molecular weight is 386 g/mol. The zero-order chi connectivity index (χ0) is 17.9. The van der Waals surface area contributed by atoms with Gasteiger partial charge in [0.15, 0.2) is 0 Å². The van der Waals surface area contributed by atoms with Crippen LogP contribution in [0.25, 0.3) is 0 Å². The number of furan rings is 1. The fourth-order valence-electron chi connectivity index (χ4n) is 3.06. The molecule has 0 radical (unpaired) electrons. The van der Waals surface area contributed by atoms with Gasteiger partial charge in [-0.2, -0.15) is 5.10 Å². The molecule has 0 aromatic carbocycles. The molecule has 4 heterocycles. The first-order valence-corrected chi connectivity index (χ1v) is 10.1. The van der Waals surface area contributed by atoms with E-state index in [9.17, 15) is 4.79 Å². The molecule has 0 aliphatic carbocycles. The highest BCUT2D eigenvalue weighted by molar-refractivity contribution is 7.12. The van der Waals surface area contributed by atoms with Crippen molar-refractivity contribution in [2.45, 2.75) is 19.0 Å². The standard InChI is InChI=1S/C19H19N3O2S2/c1-21(12-14-5-2-8-24-14)13-19(23)22-16(18-7-4-10-26-18)11-15(20-22)17-6-3-9-25-17/h2-10,16H,11-13H2,1H3. The van der Waals surface area contributed by atoms with E-state index in [1.54, 1.807) is 33.9 Å². The fourth-order valence-corrected chi connectivity index (χ4v) is 4.59. The van der Waals surface area contributed by atoms with Crippen molar-refractivity contribution in [1.82, 2.24) is 9.91 Å². The van der Waals surface area contributed by atoms with Gasteiger partial charge in [0.1, 0.15) is 5.76 Å². The van der Waals surface area contributed by atoms with Crippen LogP contribution >= 0.6 is 22.7 Å². The molecule has 26 heavy (non-hydrogen) atoms. The molecular formula is C19H19N3O2S2. The van der Waals surface area contributed by atoms with Gasteiger partial charge in [-0.05, 0) is 42.1 Å². The fraction of sp³-hybridized carbons (Fsp3) is 0.263. The van der Waals surface area contributed by atoms with Gasteiger partial charge in [0.25, 0.3) is 5.91 Å². The smallest absolute Gasteiger partial charge is 0.257 e. The Labute approximate surface area is 160 Å². The minimum Gasteiger partial charge on any atom is -0.468 e. The van der Waals surface area contributed by atoms with Gasteiger partial charge in [-0.1, -0.05) is 12.1 Å². The monoisotopic (exact) mass is 385 g/mol. The largest absolute Gasteiger partial charge is 0.468 e. The summed E-state index contributed by atoms with van der Waals surface area (Å²) >= 11 is 3.33. The number of hydrogen-bond acceptors (Lipinski definition) is 6. The lowest BCUT2D eigenvalue weighted by Crippen LogP contribution is -2.36. The lowest BCUT2D eigenvalue weighted by Gasteiger charge is -2.23. The summed E-state index contributed by atoms with van der Waals surface area (Å²) < 4.78 is 5.37. The van der Waals surface area contributed by atoms with Gasteiger partial charge >= 0.3 is 0 Å². The quantitative estimate of drug-likeness (QED) is 0.639. The van der Waals surface area contributed by atoms with Gasteiger partial charge in [0, 0.05) is 11.3 Å². The number of nitrogens with zero attached hydrogens (tertiary/aromatic N) is 3. The van der Waals surface area contributed by atoms with E-state index in [2.05, 4.69) is 17.2 Å². The molecule has 1 unspecified atom stereocenters. The van der Waals surface area contributed by atoms with Gasteiger partial charge in [-0.15, -0.1) is 22.7 Å². The molecular weight excluding hydrogens is 366 g/mol. The maximum atomic E-state index is 13.0. The highest BCUT2D eigenvalue weighted by Gasteiger charge is 2.34. The highest BCUT2D eigenvalue weighted by atomic mass is 32.1. The zero-order valence-corrected chi connectivity index (χ0v) is 16.0. The number of thiophene rings is 2. The van der Waals surface area contributed by atoms with Crippen LogP contribution in [-0.4, -0.2) is 35.1 Å². The van der Waals surface area contributed by atoms with Gasteiger partial charge in [-0.3, -0.25) is 9.69 Å². The number of carbonyl (C=O) groups excluding carboxylic acids is 1. The topological polar surface area (TPSA) is 49.1 Å². The van der Waals surface area contributed by atoms with Crippen molar-refractivity contribution in [3.63, 3.8) is 0 Å². The predicted octanol–water partition coefficient (Wildman–Crippen LogP) is 4.21. The maximum absolute atomic E-state index is 13.0. The summed E-state index contributed by atoms with van der Waals surface area (Å²) in [5.41, 5.74) is 0.987. The molecule has 0 saturated heterocycles. The van der Waals surface area contributed by atoms with Crippen LogP contribution < -0.4 is 0 Å². The molecule has 0 spiro atoms. The summed E-state index contributed by atoms with van der Waals surface area (Å²) in [6.07, 6.45) is 2.41. The van der Waals surface area contributed by atoms with Crippen molar-refractivity contribution >= 4 is 34.3 Å². The van der Waals surface area contributed by atoms with Crippen LogP contribution in [0.2, 0.25) is 0 Å². The van der Waals surface area contributed by atoms with Gasteiger partial charge in [0.2, 0.25) is 0 Å². The van der Waals surface area contributed by atoms with Gasteiger partial charge in [0.05, 0.1) is 36.0 Å². The van der Waals surface area contributed by atoms with Crippen molar-refractivity contribution in [2.75, 3.05) is 13.6 Å². The summed E-state index contributed by atoms with van der Waals surface area (Å²) in [4.78, 5) is 17.2. The van der Waals surface area contributed by atoms with Crippen molar-refractivity contribution in [1.29, 1.82) is 0 Å². The molecule has 0 saturated carbocycles. The Morgan fingerprint density at radius 2 is 2.12 bits per heavy atom. The molecule has 0 bridgehead atoms. The predicted molar refractivity (Wildman–Crippen MR) is 104 cm³/mol. The van der Waals surface area contributed by atoms with E-state index in [1.165, 1.54) is 4.88 Å². The van der Waals surface area contributed by atoms with Crippen LogP contribution in [0.4, 0.5) is 0 Å². The van der Waals surface area contributed by atoms with Crippen molar-refractivity contribution in [2.24, 2.45) is 5.10 Å². The molecule has 4 rings (SSSR count). The number of hydrogen-bond donors (Lipinski definition) is 0. The van der Waals surface area contributed by atoms with Crippen molar-refractivity contribution in [3.8, 4) is 0 Å². The number of amides is 1. The van der Waals surface area contributed by atoms with Gasteiger partial charge < -0.3 is 4.42 Å². The summed E-state index contributed by atoms with van der Waals surface area (Å²) in [7, 11) is 1.92. The highest BCUT2D eigenvalue weighted by Crippen LogP contribution is 2.35. The van der Waals surface area contributed by atoms with Gasteiger partial charge in [-0.25, -0.2) is 5.01 Å². The molecule has 0 fully saturated rings. The molecule has 134 valence electrons. The van der Waals surface area contributed by atoms with E-state index in [4.69, 9.17) is 4.42 Å². The second kappa shape index (κ2) is 7.57. The maximum Gasteiger partial charge on any atom is 0.257 e. The molecule has 1 amide bonds. The Kier molecular flexibility index (Phi) is 5.01. The zero-order valence-electron chi connectivity index (χ0n) is 14.4. The van der Waals surface area contributed by atoms with Crippen LogP contribution in [-0.2, 0) is 11.3 Å². The Hall–Kier alpha value is -2.22. The lowest BCUT2D eigenvalue weighted by molar-refractivity contribution is -0.134. The van der Waals surface area contributed by atoms with E-state index >= 15 is 0 Å². The summed E-state index contributed by atoms with van der Waals surface area (Å²) in [6.45, 7) is 0.890. The lowest BCUT2D eigenvalue weighted by atomic mass is 10.1. The molecule has 1 aliphatic rings.